The van der Waals surface area contributed by atoms with Crippen LogP contribution in [0.5, 0.6) is 0 Å². The van der Waals surface area contributed by atoms with E-state index in [0.29, 0.717) is 11.3 Å². The zero-order chi connectivity index (χ0) is 11.6. The number of nitrogens with one attached hydrogen (secondary N) is 1. The maximum atomic E-state index is 12.1. The largest absolute Gasteiger partial charge is 0.465 e. The van der Waals surface area contributed by atoms with Crippen LogP contribution in [-0.2, 0) is 6.18 Å². The van der Waals surface area contributed by atoms with Crippen LogP contribution < -0.4 is 5.32 Å². The van der Waals surface area contributed by atoms with Gasteiger partial charge in [0.05, 0.1) is 6.04 Å². The molecule has 0 aliphatic carbocycles. The van der Waals surface area contributed by atoms with E-state index < -0.39 is 23.3 Å². The van der Waals surface area contributed by atoms with Gasteiger partial charge in [-0.15, -0.1) is 10.2 Å². The zero-order valence-electron chi connectivity index (χ0n) is 7.37. The van der Waals surface area contributed by atoms with E-state index in [-0.39, 0.29) is 5.01 Å². The molecule has 0 fully saturated rings. The van der Waals surface area contributed by atoms with Crippen molar-refractivity contribution < 1.29 is 23.1 Å². The molecule has 1 aromatic rings. The summed E-state index contributed by atoms with van der Waals surface area (Å²) < 4.78 is 36.3. The molecule has 0 aromatic carbocycles. The molecule has 15 heavy (non-hydrogen) atoms. The summed E-state index contributed by atoms with van der Waals surface area (Å²) in [6.07, 6.45) is -5.87. The van der Waals surface area contributed by atoms with Crippen molar-refractivity contribution in [3.05, 3.63) is 10.0 Å². The van der Waals surface area contributed by atoms with Gasteiger partial charge in [0, 0.05) is 0 Å². The summed E-state index contributed by atoms with van der Waals surface area (Å²) in [7, 11) is 0. The molecule has 0 aliphatic rings. The predicted molar refractivity (Wildman–Crippen MR) is 44.5 cm³/mol. The van der Waals surface area contributed by atoms with Crippen LogP contribution in [0.3, 0.4) is 0 Å². The fourth-order valence-corrected chi connectivity index (χ4v) is 1.48. The molecule has 1 atom stereocenters. The van der Waals surface area contributed by atoms with Crippen LogP contribution in [0.1, 0.15) is 23.0 Å². The van der Waals surface area contributed by atoms with Crippen LogP contribution in [0.15, 0.2) is 0 Å². The lowest BCUT2D eigenvalue weighted by molar-refractivity contribution is -0.138. The Labute approximate surface area is 85.9 Å². The molecule has 0 bridgehead atoms. The third kappa shape index (κ3) is 3.05. The van der Waals surface area contributed by atoms with Crippen molar-refractivity contribution in [2.75, 3.05) is 0 Å². The van der Waals surface area contributed by atoms with Crippen molar-refractivity contribution >= 4 is 17.4 Å². The minimum atomic E-state index is -4.54. The highest BCUT2D eigenvalue weighted by atomic mass is 32.1. The third-order valence-corrected chi connectivity index (χ3v) is 2.54. The normalized spacial score (nSPS) is 13.6. The molecular weight excluding hydrogens is 235 g/mol. The third-order valence-electron chi connectivity index (χ3n) is 1.39. The Morgan fingerprint density at radius 1 is 1.53 bits per heavy atom. The van der Waals surface area contributed by atoms with E-state index >= 15 is 0 Å². The molecule has 1 amide bonds. The van der Waals surface area contributed by atoms with Gasteiger partial charge >= 0.3 is 12.3 Å². The van der Waals surface area contributed by atoms with Gasteiger partial charge in [0.1, 0.15) is 5.01 Å². The minimum Gasteiger partial charge on any atom is -0.465 e. The van der Waals surface area contributed by atoms with Gasteiger partial charge in [0.15, 0.2) is 0 Å². The second kappa shape index (κ2) is 4.01. The first-order chi connectivity index (χ1) is 6.80. The molecule has 1 rings (SSSR count). The second-order valence-corrected chi connectivity index (χ2v) is 3.62. The summed E-state index contributed by atoms with van der Waals surface area (Å²) in [5.74, 6) is 0. The molecule has 0 radical (unpaired) electrons. The van der Waals surface area contributed by atoms with E-state index in [9.17, 15) is 18.0 Å². The summed E-state index contributed by atoms with van der Waals surface area (Å²) in [4.78, 5) is 10.2. The Kier molecular flexibility index (Phi) is 3.12. The highest BCUT2D eigenvalue weighted by Crippen LogP contribution is 2.32. The topological polar surface area (TPSA) is 75.1 Å². The zero-order valence-corrected chi connectivity index (χ0v) is 8.19. The SMILES string of the molecule is C[C@@H](NC(=O)O)c1nnc(C(F)(F)F)s1. The maximum Gasteiger partial charge on any atom is 0.445 e. The number of halogens is 3. The number of carboxylic acid groups (broad SMARTS) is 1. The lowest BCUT2D eigenvalue weighted by Crippen LogP contribution is -2.24. The van der Waals surface area contributed by atoms with Gasteiger partial charge in [-0.1, -0.05) is 11.3 Å². The highest BCUT2D eigenvalue weighted by molar-refractivity contribution is 7.11. The second-order valence-electron chi connectivity index (χ2n) is 2.61. The Balaban J connectivity index is 2.80. The molecule has 5 nitrogen and oxygen atoms in total. The number of rotatable bonds is 2. The molecule has 9 heteroatoms. The summed E-state index contributed by atoms with van der Waals surface area (Å²) in [5, 5.41) is 15.4. The van der Waals surface area contributed by atoms with Crippen molar-refractivity contribution in [1.82, 2.24) is 15.5 Å². The maximum absolute atomic E-state index is 12.1. The van der Waals surface area contributed by atoms with Gasteiger partial charge in [0.25, 0.3) is 0 Å². The van der Waals surface area contributed by atoms with Gasteiger partial charge in [-0.3, -0.25) is 0 Å². The van der Waals surface area contributed by atoms with Gasteiger partial charge in [-0.25, -0.2) is 4.79 Å². The molecule has 2 N–H and O–H groups in total. The van der Waals surface area contributed by atoms with Gasteiger partial charge < -0.3 is 10.4 Å². The molecule has 0 unspecified atom stereocenters. The van der Waals surface area contributed by atoms with E-state index in [1.54, 1.807) is 0 Å². The van der Waals surface area contributed by atoms with Gasteiger partial charge in [0.2, 0.25) is 5.01 Å². The molecule has 1 aromatic heterocycles. The number of amides is 1. The van der Waals surface area contributed by atoms with Crippen LogP contribution in [-0.4, -0.2) is 21.4 Å². The van der Waals surface area contributed by atoms with Crippen molar-refractivity contribution in [1.29, 1.82) is 0 Å². The molecule has 0 saturated carbocycles. The van der Waals surface area contributed by atoms with E-state index in [1.165, 1.54) is 6.92 Å². The van der Waals surface area contributed by atoms with E-state index in [2.05, 4.69) is 10.2 Å². The van der Waals surface area contributed by atoms with E-state index in [4.69, 9.17) is 5.11 Å². The van der Waals surface area contributed by atoms with Crippen molar-refractivity contribution in [3.8, 4) is 0 Å². The Hall–Kier alpha value is -1.38. The number of hydrogen-bond acceptors (Lipinski definition) is 4. The van der Waals surface area contributed by atoms with Crippen LogP contribution >= 0.6 is 11.3 Å². The summed E-state index contributed by atoms with van der Waals surface area (Å²) >= 11 is 0.317. The lowest BCUT2D eigenvalue weighted by atomic mass is 10.4. The van der Waals surface area contributed by atoms with Crippen LogP contribution in [0.25, 0.3) is 0 Å². The van der Waals surface area contributed by atoms with E-state index in [0.717, 1.165) is 0 Å². The fourth-order valence-electron chi connectivity index (χ4n) is 0.771. The number of carbonyl (C=O) groups is 1. The molecule has 0 saturated heterocycles. The standard InChI is InChI=1S/C6H6F3N3O2S/c1-2(10-5(13)14)3-11-12-4(15-3)6(7,8)9/h2,10H,1H3,(H,13,14)/t2-/m1/s1. The monoisotopic (exact) mass is 241 g/mol. The Morgan fingerprint density at radius 2 is 2.13 bits per heavy atom. The fraction of sp³-hybridized carbons (Fsp3) is 0.500. The molecule has 0 aliphatic heterocycles. The number of alkyl halides is 3. The first-order valence-electron chi connectivity index (χ1n) is 3.70. The first-order valence-corrected chi connectivity index (χ1v) is 4.52. The van der Waals surface area contributed by atoms with Crippen LogP contribution in [0.2, 0.25) is 0 Å². The summed E-state index contributed by atoms with van der Waals surface area (Å²) in [5.41, 5.74) is 0. The molecule has 0 spiro atoms. The quantitative estimate of drug-likeness (QED) is 0.829. The van der Waals surface area contributed by atoms with Crippen molar-refractivity contribution in [2.45, 2.75) is 19.1 Å². The number of aromatic nitrogens is 2. The number of nitrogens with zero attached hydrogens (tertiary/aromatic N) is 2. The average molecular weight is 241 g/mol. The molecule has 84 valence electrons. The smallest absolute Gasteiger partial charge is 0.445 e. The Bertz CT molecular complexity index is 365. The number of hydrogen-bond donors (Lipinski definition) is 2. The minimum absolute atomic E-state index is 0.0234. The molecular formula is C6H6F3N3O2S. The molecule has 1 heterocycles. The van der Waals surface area contributed by atoms with Crippen molar-refractivity contribution in [3.63, 3.8) is 0 Å². The average Bonchev–Trinajstić information content (AvgIpc) is 2.48. The highest BCUT2D eigenvalue weighted by Gasteiger charge is 2.36. The predicted octanol–water partition coefficient (Wildman–Crippen LogP) is 1.89. The lowest BCUT2D eigenvalue weighted by Gasteiger charge is -2.05. The van der Waals surface area contributed by atoms with E-state index in [1.807, 2.05) is 5.32 Å². The van der Waals surface area contributed by atoms with Gasteiger partial charge in [-0.2, -0.15) is 13.2 Å². The van der Waals surface area contributed by atoms with Crippen LogP contribution in [0.4, 0.5) is 18.0 Å². The van der Waals surface area contributed by atoms with Gasteiger partial charge in [-0.05, 0) is 6.92 Å². The summed E-state index contributed by atoms with van der Waals surface area (Å²) in [6.45, 7) is 1.38. The van der Waals surface area contributed by atoms with Crippen LogP contribution in [0, 0.1) is 0 Å². The Morgan fingerprint density at radius 3 is 2.53 bits per heavy atom. The summed E-state index contributed by atoms with van der Waals surface area (Å²) in [6, 6.07) is -0.809. The van der Waals surface area contributed by atoms with Crippen molar-refractivity contribution in [2.24, 2.45) is 0 Å². The first kappa shape index (κ1) is 11.7.